The Balaban J connectivity index is 2.10. The molecule has 2 aromatic rings. The van der Waals surface area contributed by atoms with Crippen molar-refractivity contribution in [3.05, 3.63) is 41.3 Å². The molecule has 0 aliphatic rings. The van der Waals surface area contributed by atoms with Gasteiger partial charge in [0.05, 0.1) is 5.69 Å². The molecule has 0 aliphatic carbocycles. The maximum absolute atomic E-state index is 12.2. The molecule has 1 N–H and O–H groups in total. The lowest BCUT2D eigenvalue weighted by molar-refractivity contribution is -0.274. The van der Waals surface area contributed by atoms with Crippen molar-refractivity contribution in [1.29, 1.82) is 0 Å². The molecule has 0 fully saturated rings. The smallest absolute Gasteiger partial charge is 0.406 e. The third kappa shape index (κ3) is 3.78. The van der Waals surface area contributed by atoms with Crippen molar-refractivity contribution in [2.75, 3.05) is 5.32 Å². The van der Waals surface area contributed by atoms with Gasteiger partial charge in [-0.3, -0.25) is 4.79 Å². The lowest BCUT2D eigenvalue weighted by Crippen LogP contribution is -2.17. The minimum absolute atomic E-state index is 0.332. The van der Waals surface area contributed by atoms with Crippen molar-refractivity contribution < 1.29 is 27.2 Å². The van der Waals surface area contributed by atoms with Gasteiger partial charge in [0.15, 0.2) is 0 Å². The van der Waals surface area contributed by atoms with E-state index in [4.69, 9.17) is 4.52 Å². The van der Waals surface area contributed by atoms with Crippen molar-refractivity contribution in [2.45, 2.75) is 26.6 Å². The second-order valence-electron chi connectivity index (χ2n) is 4.44. The van der Waals surface area contributed by atoms with Crippen LogP contribution in [0.4, 0.5) is 18.9 Å². The molecule has 0 radical (unpaired) electrons. The largest absolute Gasteiger partial charge is 0.573 e. The summed E-state index contributed by atoms with van der Waals surface area (Å²) in [6.45, 7) is 3.44. The van der Waals surface area contributed by atoms with Crippen molar-refractivity contribution in [3.63, 3.8) is 0 Å². The standard InChI is InChI=1S/C14H13F3N2O3/c1-3-11-12(8(2)22-19-11)13(20)18-9-4-6-10(7-5-9)21-14(15,16)17/h4-7H,3H2,1-2H3,(H,18,20). The van der Waals surface area contributed by atoms with Gasteiger partial charge in [0.2, 0.25) is 0 Å². The van der Waals surface area contributed by atoms with E-state index in [1.165, 1.54) is 12.1 Å². The SMILES string of the molecule is CCc1noc(C)c1C(=O)Nc1ccc(OC(F)(F)F)cc1. The first-order valence-electron chi connectivity index (χ1n) is 6.42. The van der Waals surface area contributed by atoms with Crippen molar-refractivity contribution in [3.8, 4) is 5.75 Å². The van der Waals surface area contributed by atoms with Gasteiger partial charge in [-0.2, -0.15) is 0 Å². The maximum atomic E-state index is 12.2. The third-order valence-electron chi connectivity index (χ3n) is 2.84. The number of nitrogens with one attached hydrogen (secondary N) is 1. The van der Waals surface area contributed by atoms with Crippen LogP contribution in [0.25, 0.3) is 0 Å². The molecule has 1 aromatic carbocycles. The normalized spacial score (nSPS) is 11.3. The summed E-state index contributed by atoms with van der Waals surface area (Å²) >= 11 is 0. The highest BCUT2D eigenvalue weighted by atomic mass is 19.4. The molecule has 0 bridgehead atoms. The Morgan fingerprint density at radius 2 is 1.95 bits per heavy atom. The number of aromatic nitrogens is 1. The van der Waals surface area contributed by atoms with Gasteiger partial charge in [0, 0.05) is 5.69 Å². The van der Waals surface area contributed by atoms with Crippen molar-refractivity contribution in [2.24, 2.45) is 0 Å². The summed E-state index contributed by atoms with van der Waals surface area (Å²) in [6.07, 6.45) is -4.22. The molecule has 0 unspecified atom stereocenters. The van der Waals surface area contributed by atoms with E-state index in [2.05, 4.69) is 15.2 Å². The van der Waals surface area contributed by atoms with Crippen LogP contribution < -0.4 is 10.1 Å². The highest BCUT2D eigenvalue weighted by molar-refractivity contribution is 6.05. The third-order valence-corrected chi connectivity index (χ3v) is 2.84. The van der Waals surface area contributed by atoms with Crippen LogP contribution in [-0.4, -0.2) is 17.4 Å². The minimum atomic E-state index is -4.75. The monoisotopic (exact) mass is 314 g/mol. The van der Waals surface area contributed by atoms with Crippen molar-refractivity contribution >= 4 is 11.6 Å². The number of alkyl halides is 3. The molecule has 5 nitrogen and oxygen atoms in total. The zero-order chi connectivity index (χ0) is 16.3. The van der Waals surface area contributed by atoms with E-state index in [1.54, 1.807) is 6.92 Å². The first kappa shape index (κ1) is 15.9. The van der Waals surface area contributed by atoms with Crippen LogP contribution in [0.1, 0.15) is 28.7 Å². The molecular formula is C14H13F3N2O3. The second kappa shape index (κ2) is 6.08. The fourth-order valence-electron chi connectivity index (χ4n) is 1.88. The number of halogens is 3. The molecule has 1 aromatic heterocycles. The average Bonchev–Trinajstić information content (AvgIpc) is 2.80. The first-order valence-corrected chi connectivity index (χ1v) is 6.42. The first-order chi connectivity index (χ1) is 10.3. The van der Waals surface area contributed by atoms with E-state index in [0.29, 0.717) is 29.1 Å². The van der Waals surface area contributed by atoms with Crippen molar-refractivity contribution in [1.82, 2.24) is 5.16 Å². The van der Waals surface area contributed by atoms with E-state index in [0.717, 1.165) is 12.1 Å². The number of hydrogen-bond acceptors (Lipinski definition) is 4. The van der Waals surface area contributed by atoms with Gasteiger partial charge in [0.1, 0.15) is 17.1 Å². The van der Waals surface area contributed by atoms with E-state index in [-0.39, 0.29) is 5.75 Å². The number of ether oxygens (including phenoxy) is 1. The van der Waals surface area contributed by atoms with Crippen LogP contribution >= 0.6 is 0 Å². The van der Waals surface area contributed by atoms with Gasteiger partial charge in [-0.25, -0.2) is 0 Å². The quantitative estimate of drug-likeness (QED) is 0.934. The number of anilines is 1. The molecule has 8 heteroatoms. The lowest BCUT2D eigenvalue weighted by Gasteiger charge is -2.10. The number of carbonyl (C=O) groups is 1. The average molecular weight is 314 g/mol. The highest BCUT2D eigenvalue weighted by Gasteiger charge is 2.31. The highest BCUT2D eigenvalue weighted by Crippen LogP contribution is 2.24. The fraction of sp³-hybridized carbons (Fsp3) is 0.286. The van der Waals surface area contributed by atoms with Crippen LogP contribution in [0.5, 0.6) is 5.75 Å². The summed E-state index contributed by atoms with van der Waals surface area (Å²) in [5.74, 6) is -0.410. The molecule has 0 atom stereocenters. The summed E-state index contributed by atoms with van der Waals surface area (Å²) in [5, 5.41) is 6.34. The van der Waals surface area contributed by atoms with E-state index in [9.17, 15) is 18.0 Å². The van der Waals surface area contributed by atoms with Crippen LogP contribution in [0.3, 0.4) is 0 Å². The predicted molar refractivity (Wildman–Crippen MR) is 71.7 cm³/mol. The Morgan fingerprint density at radius 3 is 2.50 bits per heavy atom. The number of rotatable bonds is 4. The van der Waals surface area contributed by atoms with E-state index < -0.39 is 12.3 Å². The number of nitrogens with zero attached hydrogens (tertiary/aromatic N) is 1. The summed E-state index contributed by atoms with van der Waals surface area (Å²) < 4.78 is 44.9. The van der Waals surface area contributed by atoms with Gasteiger partial charge in [-0.05, 0) is 37.6 Å². The van der Waals surface area contributed by atoms with Gasteiger partial charge in [0.25, 0.3) is 5.91 Å². The van der Waals surface area contributed by atoms with Crippen LogP contribution in [-0.2, 0) is 6.42 Å². The second-order valence-corrected chi connectivity index (χ2v) is 4.44. The number of benzene rings is 1. The molecule has 22 heavy (non-hydrogen) atoms. The molecule has 1 amide bonds. The Bertz CT molecular complexity index is 663. The molecule has 0 saturated carbocycles. The molecule has 118 valence electrons. The molecule has 0 saturated heterocycles. The Kier molecular flexibility index (Phi) is 4.39. The molecule has 1 heterocycles. The van der Waals surface area contributed by atoms with Crippen LogP contribution in [0.15, 0.2) is 28.8 Å². The van der Waals surface area contributed by atoms with Crippen LogP contribution in [0, 0.1) is 6.92 Å². The molecule has 2 rings (SSSR count). The molecule has 0 aliphatic heterocycles. The van der Waals surface area contributed by atoms with Gasteiger partial charge < -0.3 is 14.6 Å². The summed E-state index contributed by atoms with van der Waals surface area (Å²) in [6, 6.07) is 4.86. The fourth-order valence-corrected chi connectivity index (χ4v) is 1.88. The predicted octanol–water partition coefficient (Wildman–Crippen LogP) is 3.70. The summed E-state index contributed by atoms with van der Waals surface area (Å²) in [4.78, 5) is 12.2. The van der Waals surface area contributed by atoms with E-state index >= 15 is 0 Å². The summed E-state index contributed by atoms with van der Waals surface area (Å²) in [7, 11) is 0. The van der Waals surface area contributed by atoms with Crippen LogP contribution in [0.2, 0.25) is 0 Å². The molecular weight excluding hydrogens is 301 g/mol. The topological polar surface area (TPSA) is 64.4 Å². The number of aryl methyl sites for hydroxylation is 2. The summed E-state index contributed by atoms with van der Waals surface area (Å²) in [5.41, 5.74) is 1.19. The number of hydrogen-bond donors (Lipinski definition) is 1. The van der Waals surface area contributed by atoms with Gasteiger partial charge in [-0.15, -0.1) is 13.2 Å². The Labute approximate surface area is 124 Å². The Morgan fingerprint density at radius 1 is 1.32 bits per heavy atom. The lowest BCUT2D eigenvalue weighted by atomic mass is 10.1. The van der Waals surface area contributed by atoms with E-state index in [1.807, 2.05) is 6.92 Å². The van der Waals surface area contributed by atoms with Gasteiger partial charge in [-0.1, -0.05) is 12.1 Å². The maximum Gasteiger partial charge on any atom is 0.573 e. The Hall–Kier alpha value is -2.51. The van der Waals surface area contributed by atoms with Gasteiger partial charge >= 0.3 is 6.36 Å². The zero-order valence-electron chi connectivity index (χ0n) is 11.8. The minimum Gasteiger partial charge on any atom is -0.406 e. The zero-order valence-corrected chi connectivity index (χ0v) is 11.8. The number of carbonyl (C=O) groups excluding carboxylic acids is 1. The number of amides is 1. The molecule has 0 spiro atoms.